The van der Waals surface area contributed by atoms with Crippen LogP contribution in [0.15, 0.2) is 23.1 Å². The monoisotopic (exact) mass is 196 g/mol. The predicted molar refractivity (Wildman–Crippen MR) is 48.5 cm³/mol. The number of likely N-dealkylation sites (N-methyl/N-ethyl adjacent to an activating group) is 1. The Kier molecular flexibility index (Phi) is 2.66. The molecule has 1 heterocycles. The van der Waals surface area contributed by atoms with Crippen LogP contribution in [0.3, 0.4) is 0 Å². The van der Waals surface area contributed by atoms with Gasteiger partial charge >= 0.3 is 5.88 Å². The first-order valence-corrected chi connectivity index (χ1v) is 3.72. The second kappa shape index (κ2) is 3.73. The highest BCUT2D eigenvalue weighted by atomic mass is 16.6. The molecule has 1 aromatic heterocycles. The minimum absolute atomic E-state index is 0.0561. The van der Waals surface area contributed by atoms with E-state index in [1.165, 1.54) is 19.2 Å². The van der Waals surface area contributed by atoms with Crippen molar-refractivity contribution in [1.29, 1.82) is 0 Å². The zero-order valence-electron chi connectivity index (χ0n) is 7.44. The van der Waals surface area contributed by atoms with Crippen molar-refractivity contribution in [1.82, 2.24) is 5.32 Å². The standard InChI is InChI=1S/C8H8N2O4/c1-5(8(11)9-2)6-3-4-7(14-6)10(12)13/h3-4H,1H2,2H3,(H,9,11). The highest BCUT2D eigenvalue weighted by Gasteiger charge is 2.16. The number of carbonyl (C=O) groups is 1. The molecule has 1 aromatic rings. The number of carbonyl (C=O) groups excluding carboxylic acids is 1. The van der Waals surface area contributed by atoms with Crippen molar-refractivity contribution in [3.63, 3.8) is 0 Å². The van der Waals surface area contributed by atoms with Gasteiger partial charge in [0.25, 0.3) is 5.91 Å². The number of rotatable bonds is 3. The highest BCUT2D eigenvalue weighted by molar-refractivity contribution is 6.17. The molecular formula is C8H8N2O4. The Bertz CT molecular complexity index is 394. The Balaban J connectivity index is 2.92. The van der Waals surface area contributed by atoms with Crippen LogP contribution in [0.2, 0.25) is 0 Å². The van der Waals surface area contributed by atoms with E-state index in [-0.39, 0.29) is 11.3 Å². The van der Waals surface area contributed by atoms with Crippen LogP contribution in [-0.4, -0.2) is 17.9 Å². The summed E-state index contributed by atoms with van der Waals surface area (Å²) in [4.78, 5) is 20.6. The van der Waals surface area contributed by atoms with Crippen LogP contribution in [0.5, 0.6) is 0 Å². The van der Waals surface area contributed by atoms with Crippen LogP contribution < -0.4 is 5.32 Å². The van der Waals surface area contributed by atoms with Gasteiger partial charge in [0.2, 0.25) is 0 Å². The summed E-state index contributed by atoms with van der Waals surface area (Å²) in [6, 6.07) is 2.50. The summed E-state index contributed by atoms with van der Waals surface area (Å²) in [6.07, 6.45) is 0. The maximum Gasteiger partial charge on any atom is 0.433 e. The van der Waals surface area contributed by atoms with Gasteiger partial charge in [-0.05, 0) is 6.07 Å². The maximum atomic E-state index is 11.1. The van der Waals surface area contributed by atoms with Crippen LogP contribution >= 0.6 is 0 Å². The summed E-state index contributed by atoms with van der Waals surface area (Å²) in [6.45, 7) is 3.44. The molecular weight excluding hydrogens is 188 g/mol. The van der Waals surface area contributed by atoms with E-state index >= 15 is 0 Å². The maximum absolute atomic E-state index is 11.1. The van der Waals surface area contributed by atoms with Crippen molar-refractivity contribution in [3.8, 4) is 0 Å². The topological polar surface area (TPSA) is 85.4 Å². The van der Waals surface area contributed by atoms with Gasteiger partial charge in [-0.15, -0.1) is 0 Å². The average molecular weight is 196 g/mol. The van der Waals surface area contributed by atoms with Crippen molar-refractivity contribution < 1.29 is 14.1 Å². The third kappa shape index (κ3) is 1.79. The van der Waals surface area contributed by atoms with Gasteiger partial charge in [0.15, 0.2) is 0 Å². The molecule has 0 aliphatic rings. The molecule has 1 N–H and O–H groups in total. The Labute approximate surface area is 79.4 Å². The van der Waals surface area contributed by atoms with Gasteiger partial charge in [-0.3, -0.25) is 14.9 Å². The molecule has 0 radical (unpaired) electrons. The summed E-state index contributed by atoms with van der Waals surface area (Å²) < 4.78 is 4.77. The van der Waals surface area contributed by atoms with Gasteiger partial charge in [0.1, 0.15) is 10.7 Å². The van der Waals surface area contributed by atoms with Gasteiger partial charge in [-0.1, -0.05) is 6.58 Å². The van der Waals surface area contributed by atoms with E-state index in [0.29, 0.717) is 0 Å². The summed E-state index contributed by atoms with van der Waals surface area (Å²) in [5.74, 6) is -0.754. The molecule has 0 aliphatic heterocycles. The van der Waals surface area contributed by atoms with Crippen LogP contribution in [0, 0.1) is 10.1 Å². The Morgan fingerprint density at radius 2 is 2.29 bits per heavy atom. The largest absolute Gasteiger partial charge is 0.433 e. The molecule has 14 heavy (non-hydrogen) atoms. The SMILES string of the molecule is C=C(C(=O)NC)c1ccc([N+](=O)[O-])o1. The van der Waals surface area contributed by atoms with Crippen molar-refractivity contribution in [3.05, 3.63) is 34.6 Å². The first-order chi connectivity index (χ1) is 6.56. The third-order valence-electron chi connectivity index (χ3n) is 1.57. The molecule has 6 heteroatoms. The first kappa shape index (κ1) is 9.97. The number of nitrogens with zero attached hydrogens (tertiary/aromatic N) is 1. The molecule has 0 unspecified atom stereocenters. The van der Waals surface area contributed by atoms with E-state index in [1.54, 1.807) is 0 Å². The van der Waals surface area contributed by atoms with Crippen LogP contribution in [-0.2, 0) is 4.79 Å². The molecule has 0 aliphatic carbocycles. The van der Waals surface area contributed by atoms with Gasteiger partial charge in [0.05, 0.1) is 11.6 Å². The van der Waals surface area contributed by atoms with Gasteiger partial charge in [-0.25, -0.2) is 0 Å². The lowest BCUT2D eigenvalue weighted by molar-refractivity contribution is -0.402. The predicted octanol–water partition coefficient (Wildman–Crippen LogP) is 0.947. The van der Waals surface area contributed by atoms with E-state index in [1.807, 2.05) is 0 Å². The highest BCUT2D eigenvalue weighted by Crippen LogP contribution is 2.21. The number of hydrogen-bond acceptors (Lipinski definition) is 4. The van der Waals surface area contributed by atoms with Gasteiger partial charge in [0, 0.05) is 7.05 Å². The van der Waals surface area contributed by atoms with Crippen LogP contribution in [0.1, 0.15) is 5.76 Å². The summed E-state index contributed by atoms with van der Waals surface area (Å²) in [5.41, 5.74) is 0.0561. The molecule has 74 valence electrons. The zero-order valence-corrected chi connectivity index (χ0v) is 7.44. The Hall–Kier alpha value is -2.11. The summed E-state index contributed by atoms with van der Waals surface area (Å²) >= 11 is 0. The quantitative estimate of drug-likeness (QED) is 0.443. The fourth-order valence-electron chi connectivity index (χ4n) is 0.851. The molecule has 0 bridgehead atoms. The lowest BCUT2D eigenvalue weighted by Gasteiger charge is -1.98. The molecule has 0 aromatic carbocycles. The van der Waals surface area contributed by atoms with Gasteiger partial charge < -0.3 is 9.73 Å². The van der Waals surface area contributed by atoms with Crippen molar-refractivity contribution >= 4 is 17.4 Å². The fraction of sp³-hybridized carbons (Fsp3) is 0.125. The fourth-order valence-corrected chi connectivity index (χ4v) is 0.851. The molecule has 6 nitrogen and oxygen atoms in total. The molecule has 0 spiro atoms. The second-order valence-electron chi connectivity index (χ2n) is 2.45. The second-order valence-corrected chi connectivity index (χ2v) is 2.45. The molecule has 1 rings (SSSR count). The number of furan rings is 1. The molecule has 0 saturated carbocycles. The van der Waals surface area contributed by atoms with E-state index in [9.17, 15) is 14.9 Å². The molecule has 0 atom stereocenters. The lowest BCUT2D eigenvalue weighted by Crippen LogP contribution is -2.18. The number of nitrogens with one attached hydrogen (secondary N) is 1. The lowest BCUT2D eigenvalue weighted by atomic mass is 10.2. The summed E-state index contributed by atoms with van der Waals surface area (Å²) in [5, 5.41) is 12.6. The van der Waals surface area contributed by atoms with Crippen molar-refractivity contribution in [2.24, 2.45) is 0 Å². The van der Waals surface area contributed by atoms with Crippen molar-refractivity contribution in [2.45, 2.75) is 0 Å². The summed E-state index contributed by atoms with van der Waals surface area (Å²) in [7, 11) is 1.44. The number of hydrogen-bond donors (Lipinski definition) is 1. The third-order valence-corrected chi connectivity index (χ3v) is 1.57. The normalized spacial score (nSPS) is 9.50. The Morgan fingerprint density at radius 1 is 1.64 bits per heavy atom. The number of nitro groups is 1. The first-order valence-electron chi connectivity index (χ1n) is 3.72. The minimum Gasteiger partial charge on any atom is -0.400 e. The number of amides is 1. The van der Waals surface area contributed by atoms with E-state index in [4.69, 9.17) is 4.42 Å². The van der Waals surface area contributed by atoms with E-state index in [2.05, 4.69) is 11.9 Å². The molecule has 0 saturated heterocycles. The smallest absolute Gasteiger partial charge is 0.400 e. The van der Waals surface area contributed by atoms with E-state index < -0.39 is 16.7 Å². The minimum atomic E-state index is -0.680. The van der Waals surface area contributed by atoms with Gasteiger partial charge in [-0.2, -0.15) is 0 Å². The van der Waals surface area contributed by atoms with Crippen molar-refractivity contribution in [2.75, 3.05) is 7.05 Å². The molecule has 1 amide bonds. The van der Waals surface area contributed by atoms with Crippen LogP contribution in [0.25, 0.3) is 5.57 Å². The van der Waals surface area contributed by atoms with E-state index in [0.717, 1.165) is 0 Å². The average Bonchev–Trinajstić information content (AvgIpc) is 2.64. The molecule has 0 fully saturated rings. The Morgan fingerprint density at radius 3 is 2.71 bits per heavy atom. The van der Waals surface area contributed by atoms with Crippen LogP contribution in [0.4, 0.5) is 5.88 Å². The zero-order chi connectivity index (χ0) is 10.7.